The molecule has 0 amide bonds. The zero-order valence-corrected chi connectivity index (χ0v) is 19.1. The molecule has 1 aromatic carbocycles. The van der Waals surface area contributed by atoms with Crippen molar-refractivity contribution in [1.82, 2.24) is 0 Å². The quantitative estimate of drug-likeness (QED) is 0.540. The second-order valence-corrected chi connectivity index (χ2v) is 11.0. The van der Waals surface area contributed by atoms with Crippen molar-refractivity contribution in [3.05, 3.63) is 48.1 Å². The Bertz CT molecular complexity index is 1090. The Kier molecular flexibility index (Phi) is 4.35. The Morgan fingerprint density at radius 2 is 2.06 bits per heavy atom. The highest BCUT2D eigenvalue weighted by atomic mass is 16.6. The van der Waals surface area contributed by atoms with E-state index >= 15 is 0 Å². The van der Waals surface area contributed by atoms with Crippen molar-refractivity contribution in [2.24, 2.45) is 29.1 Å². The van der Waals surface area contributed by atoms with Crippen LogP contribution in [0.2, 0.25) is 0 Å². The zero-order chi connectivity index (χ0) is 23.2. The zero-order valence-electron chi connectivity index (χ0n) is 19.1. The van der Waals surface area contributed by atoms with Crippen LogP contribution in [0.15, 0.2) is 48.1 Å². The molecule has 4 aliphatic carbocycles. The van der Waals surface area contributed by atoms with Gasteiger partial charge in [-0.2, -0.15) is 0 Å². The number of fused-ring (bicyclic) bond motifs is 4. The van der Waals surface area contributed by atoms with Crippen LogP contribution in [-0.2, 0) is 14.3 Å². The molecule has 6 rings (SSSR count). The van der Waals surface area contributed by atoms with Crippen LogP contribution in [0.4, 0.5) is 5.69 Å². The minimum Gasteiger partial charge on any atom is -0.486 e. The molecule has 3 saturated carbocycles. The Hall–Kier alpha value is -2.44. The van der Waals surface area contributed by atoms with Crippen molar-refractivity contribution in [3.8, 4) is 5.75 Å². The number of nitrogen functional groups attached to an aromatic ring is 1. The summed E-state index contributed by atoms with van der Waals surface area (Å²) in [6.45, 7) is 4.30. The van der Waals surface area contributed by atoms with Crippen molar-refractivity contribution in [2.75, 3.05) is 12.3 Å². The summed E-state index contributed by atoms with van der Waals surface area (Å²) in [4.78, 5) is 25.4. The molecule has 6 heteroatoms. The average Bonchev–Trinajstić information content (AvgIpc) is 3.30. The summed E-state index contributed by atoms with van der Waals surface area (Å²) < 4.78 is 12.1. The van der Waals surface area contributed by atoms with Gasteiger partial charge in [0.05, 0.1) is 6.10 Å². The second kappa shape index (κ2) is 6.80. The molecule has 1 heterocycles. The van der Waals surface area contributed by atoms with Crippen LogP contribution in [0.3, 0.4) is 0 Å². The molecular weight excluding hydrogens is 418 g/mol. The largest absolute Gasteiger partial charge is 0.486 e. The van der Waals surface area contributed by atoms with Crippen molar-refractivity contribution >= 4 is 17.3 Å². The number of aliphatic hydroxyl groups excluding tert-OH is 1. The molecule has 5 aliphatic rings. The molecule has 33 heavy (non-hydrogen) atoms. The predicted octanol–water partition coefficient (Wildman–Crippen LogP) is 3.24. The molecular formula is C27H31NO5. The smallest absolute Gasteiger partial charge is 0.204 e. The van der Waals surface area contributed by atoms with Crippen LogP contribution in [0, 0.1) is 29.1 Å². The molecule has 1 aliphatic heterocycles. The number of hydrogen-bond acceptors (Lipinski definition) is 6. The Morgan fingerprint density at radius 3 is 2.82 bits per heavy atom. The highest BCUT2D eigenvalue weighted by molar-refractivity contribution is 6.01. The molecule has 0 bridgehead atoms. The van der Waals surface area contributed by atoms with Gasteiger partial charge in [-0.05, 0) is 73.4 Å². The van der Waals surface area contributed by atoms with E-state index < -0.39 is 17.3 Å². The van der Waals surface area contributed by atoms with E-state index in [0.717, 1.165) is 18.4 Å². The molecule has 3 N–H and O–H groups in total. The third-order valence-corrected chi connectivity index (χ3v) is 9.37. The maximum absolute atomic E-state index is 13.3. The van der Waals surface area contributed by atoms with Crippen molar-refractivity contribution in [1.29, 1.82) is 0 Å². The van der Waals surface area contributed by atoms with Crippen molar-refractivity contribution < 1.29 is 24.2 Å². The van der Waals surface area contributed by atoms with Crippen LogP contribution in [0.1, 0.15) is 39.5 Å². The van der Waals surface area contributed by atoms with Crippen molar-refractivity contribution in [3.63, 3.8) is 0 Å². The number of benzene rings is 1. The fraction of sp³-hybridized carbons (Fsp3) is 0.556. The number of nitrogens with two attached hydrogens (primary N) is 1. The minimum absolute atomic E-state index is 0.0288. The first-order valence-corrected chi connectivity index (χ1v) is 12.1. The van der Waals surface area contributed by atoms with E-state index in [9.17, 15) is 14.7 Å². The van der Waals surface area contributed by atoms with E-state index in [-0.39, 0.29) is 47.3 Å². The van der Waals surface area contributed by atoms with Gasteiger partial charge in [0, 0.05) is 23.4 Å². The first-order chi connectivity index (χ1) is 15.7. The number of ether oxygens (including phenoxy) is 2. The number of anilines is 1. The molecule has 4 fully saturated rings. The Balaban J connectivity index is 1.25. The number of allylic oxidation sites excluding steroid dienone is 4. The second-order valence-electron chi connectivity index (χ2n) is 11.0. The topological polar surface area (TPSA) is 102 Å². The van der Waals surface area contributed by atoms with Gasteiger partial charge in [-0.1, -0.05) is 25.5 Å². The molecule has 6 nitrogen and oxygen atoms in total. The summed E-state index contributed by atoms with van der Waals surface area (Å²) in [6, 6.07) is 7.01. The van der Waals surface area contributed by atoms with Gasteiger partial charge in [0.25, 0.3) is 0 Å². The van der Waals surface area contributed by atoms with Gasteiger partial charge in [0.2, 0.25) is 5.78 Å². The van der Waals surface area contributed by atoms with Gasteiger partial charge in [0.1, 0.15) is 18.0 Å². The van der Waals surface area contributed by atoms with Gasteiger partial charge >= 0.3 is 0 Å². The van der Waals surface area contributed by atoms with E-state index in [1.165, 1.54) is 0 Å². The standard InChI is InChI=1S/C27H31NO5/c1-15-11-19-20-8-10-26(23(31)14-32-18-5-3-16(28)4-6-18)27(20,33-26)13-22(30)24(19)25(2)9-7-17(29)12-21(15)25/h3-7,9,12,15,19-20,22,24,30H,8,10-11,13-14,28H2,1-2H3/t15-,19-,20-,22-,24+,25-,26-,27+/m0/s1. The van der Waals surface area contributed by atoms with Crippen LogP contribution in [0.5, 0.6) is 5.75 Å². The minimum atomic E-state index is -0.837. The predicted molar refractivity (Wildman–Crippen MR) is 122 cm³/mol. The van der Waals surface area contributed by atoms with Crippen LogP contribution in [-0.4, -0.2) is 40.6 Å². The molecule has 0 radical (unpaired) electrons. The third kappa shape index (κ3) is 2.74. The summed E-state index contributed by atoms with van der Waals surface area (Å²) in [5, 5.41) is 11.4. The number of Topliss-reactive ketones (excluding diaryl/α,β-unsaturated/α-hetero) is 1. The lowest BCUT2D eigenvalue weighted by Crippen LogP contribution is -2.57. The van der Waals surface area contributed by atoms with E-state index in [4.69, 9.17) is 15.2 Å². The number of rotatable bonds is 4. The lowest BCUT2D eigenvalue weighted by Gasteiger charge is -2.57. The van der Waals surface area contributed by atoms with Gasteiger partial charge in [-0.15, -0.1) is 0 Å². The summed E-state index contributed by atoms with van der Waals surface area (Å²) in [7, 11) is 0. The van der Waals surface area contributed by atoms with E-state index in [1.807, 2.05) is 6.08 Å². The Morgan fingerprint density at radius 1 is 1.30 bits per heavy atom. The monoisotopic (exact) mass is 449 g/mol. The van der Waals surface area contributed by atoms with Gasteiger partial charge in [-0.3, -0.25) is 9.59 Å². The first-order valence-electron chi connectivity index (χ1n) is 12.1. The summed E-state index contributed by atoms with van der Waals surface area (Å²) in [6.07, 6.45) is 7.84. The molecule has 1 spiro atoms. The van der Waals surface area contributed by atoms with E-state index in [1.54, 1.807) is 36.4 Å². The van der Waals surface area contributed by atoms with Crippen LogP contribution >= 0.6 is 0 Å². The number of epoxide rings is 1. The van der Waals surface area contributed by atoms with Gasteiger partial charge in [-0.25, -0.2) is 0 Å². The number of aliphatic hydroxyl groups is 1. The number of ketones is 2. The van der Waals surface area contributed by atoms with Gasteiger partial charge < -0.3 is 20.3 Å². The maximum atomic E-state index is 13.3. The highest BCUT2D eigenvalue weighted by Gasteiger charge is 2.83. The normalized spacial score (nSPS) is 44.8. The summed E-state index contributed by atoms with van der Waals surface area (Å²) in [5.74, 6) is 1.37. The third-order valence-electron chi connectivity index (χ3n) is 9.37. The Labute approximate surface area is 193 Å². The fourth-order valence-electron chi connectivity index (χ4n) is 8.04. The molecule has 0 aromatic heterocycles. The molecule has 174 valence electrons. The van der Waals surface area contributed by atoms with E-state index in [2.05, 4.69) is 13.8 Å². The van der Waals surface area contributed by atoms with Gasteiger partial charge in [0.15, 0.2) is 11.4 Å². The van der Waals surface area contributed by atoms with Crippen molar-refractivity contribution in [2.45, 2.75) is 56.8 Å². The summed E-state index contributed by atoms with van der Waals surface area (Å²) in [5.41, 5.74) is 5.76. The SMILES string of the molecule is C[C@H]1C[C@@H]2[C@H]([C@@H](O)C[C@]34O[C@]3(C(=O)COc3ccc(N)cc3)CC[C@@H]24)[C@@]2(C)C=CC(=O)C=C12. The number of carbonyl (C=O) groups is 2. The van der Waals surface area contributed by atoms with Crippen LogP contribution < -0.4 is 10.5 Å². The summed E-state index contributed by atoms with van der Waals surface area (Å²) >= 11 is 0. The number of carbonyl (C=O) groups excluding carboxylic acids is 2. The fourth-order valence-corrected chi connectivity index (χ4v) is 8.04. The molecule has 8 atom stereocenters. The highest BCUT2D eigenvalue weighted by Crippen LogP contribution is 2.73. The molecule has 1 saturated heterocycles. The molecule has 1 aromatic rings. The number of hydrogen-bond donors (Lipinski definition) is 2. The van der Waals surface area contributed by atoms with E-state index in [0.29, 0.717) is 24.3 Å². The lowest BCUT2D eigenvalue weighted by molar-refractivity contribution is -0.126. The van der Waals surface area contributed by atoms with Crippen LogP contribution in [0.25, 0.3) is 0 Å². The molecule has 0 unspecified atom stereocenters. The lowest BCUT2D eigenvalue weighted by atomic mass is 9.48. The first kappa shape index (κ1) is 21.1. The average molecular weight is 450 g/mol. The maximum Gasteiger partial charge on any atom is 0.204 e.